The molecular weight excluding hydrogens is 424 g/mol. The molecular formula is C25H31ClN4O2. The Morgan fingerprint density at radius 3 is 2.62 bits per heavy atom. The van der Waals surface area contributed by atoms with Gasteiger partial charge in [0.15, 0.2) is 0 Å². The summed E-state index contributed by atoms with van der Waals surface area (Å²) in [6.07, 6.45) is 7.44. The van der Waals surface area contributed by atoms with Crippen molar-refractivity contribution in [2.75, 3.05) is 26.7 Å². The lowest BCUT2D eigenvalue weighted by Crippen LogP contribution is -2.37. The number of halogens is 1. The van der Waals surface area contributed by atoms with Crippen molar-refractivity contribution in [3.8, 4) is 0 Å². The van der Waals surface area contributed by atoms with Crippen LogP contribution in [0, 0.1) is 5.92 Å². The first kappa shape index (κ1) is 25.1. The Morgan fingerprint density at radius 1 is 1.28 bits per heavy atom. The van der Waals surface area contributed by atoms with Gasteiger partial charge in [-0.1, -0.05) is 49.6 Å². The molecule has 7 heteroatoms. The number of benzene rings is 1. The number of piperidine rings is 1. The SMILES string of the molecule is C=C/C=C(\C=NC)CNC(=O)CC1CCN(C(=C)C(=C)NC(=O)c2cccc(Cl)c2)CC1. The highest BCUT2D eigenvalue weighted by Crippen LogP contribution is 2.24. The third kappa shape index (κ3) is 7.85. The number of hydrogen-bond acceptors (Lipinski definition) is 4. The van der Waals surface area contributed by atoms with Crippen LogP contribution in [0.4, 0.5) is 0 Å². The van der Waals surface area contributed by atoms with E-state index < -0.39 is 0 Å². The lowest BCUT2D eigenvalue weighted by atomic mass is 9.92. The zero-order valence-electron chi connectivity index (χ0n) is 18.6. The van der Waals surface area contributed by atoms with Crippen molar-refractivity contribution in [1.29, 1.82) is 0 Å². The summed E-state index contributed by atoms with van der Waals surface area (Å²) in [6.45, 7) is 13.7. The average molecular weight is 455 g/mol. The summed E-state index contributed by atoms with van der Waals surface area (Å²) >= 11 is 5.95. The van der Waals surface area contributed by atoms with Gasteiger partial charge in [-0.05, 0) is 42.5 Å². The Kier molecular flexibility index (Phi) is 9.95. The molecule has 0 atom stereocenters. The van der Waals surface area contributed by atoms with Crippen LogP contribution < -0.4 is 10.6 Å². The largest absolute Gasteiger partial charge is 0.370 e. The predicted molar refractivity (Wildman–Crippen MR) is 132 cm³/mol. The topological polar surface area (TPSA) is 73.8 Å². The quantitative estimate of drug-likeness (QED) is 0.412. The fraction of sp³-hybridized carbons (Fsp3) is 0.320. The Hall–Kier alpha value is -3.12. The van der Waals surface area contributed by atoms with E-state index in [1.807, 2.05) is 6.08 Å². The van der Waals surface area contributed by atoms with Crippen molar-refractivity contribution >= 4 is 29.6 Å². The van der Waals surface area contributed by atoms with Crippen LogP contribution >= 0.6 is 11.6 Å². The molecule has 170 valence electrons. The van der Waals surface area contributed by atoms with E-state index >= 15 is 0 Å². The van der Waals surface area contributed by atoms with Gasteiger partial charge < -0.3 is 15.5 Å². The number of carbonyl (C=O) groups is 2. The van der Waals surface area contributed by atoms with Crippen LogP contribution in [-0.4, -0.2) is 49.6 Å². The lowest BCUT2D eigenvalue weighted by Gasteiger charge is -2.35. The van der Waals surface area contributed by atoms with E-state index in [1.54, 1.807) is 43.6 Å². The zero-order valence-corrected chi connectivity index (χ0v) is 19.3. The fourth-order valence-electron chi connectivity index (χ4n) is 3.51. The third-order valence-corrected chi connectivity index (χ3v) is 5.52. The van der Waals surface area contributed by atoms with Gasteiger partial charge in [0.1, 0.15) is 0 Å². The van der Waals surface area contributed by atoms with Gasteiger partial charge in [0, 0.05) is 49.9 Å². The van der Waals surface area contributed by atoms with Crippen LogP contribution in [0.1, 0.15) is 29.6 Å². The normalized spacial score (nSPS) is 14.8. The number of amides is 2. The van der Waals surface area contributed by atoms with Crippen molar-refractivity contribution < 1.29 is 9.59 Å². The molecule has 2 amide bonds. The first-order valence-corrected chi connectivity index (χ1v) is 10.9. The van der Waals surface area contributed by atoms with Crippen LogP contribution in [0.2, 0.25) is 5.02 Å². The molecule has 2 N–H and O–H groups in total. The summed E-state index contributed by atoms with van der Waals surface area (Å²) in [5, 5.41) is 6.24. The fourth-order valence-corrected chi connectivity index (χ4v) is 3.70. The summed E-state index contributed by atoms with van der Waals surface area (Å²) in [6, 6.07) is 6.74. The molecule has 2 rings (SSSR count). The van der Waals surface area contributed by atoms with Crippen LogP contribution in [0.5, 0.6) is 0 Å². The maximum atomic E-state index is 12.4. The second-order valence-electron chi connectivity index (χ2n) is 7.67. The predicted octanol–water partition coefficient (Wildman–Crippen LogP) is 4.13. The summed E-state index contributed by atoms with van der Waals surface area (Å²) in [5.41, 5.74) is 2.51. The first-order valence-electron chi connectivity index (χ1n) is 10.5. The van der Waals surface area contributed by atoms with Crippen LogP contribution in [0.15, 0.2) is 78.1 Å². The van der Waals surface area contributed by atoms with Gasteiger partial charge in [0.2, 0.25) is 5.91 Å². The van der Waals surface area contributed by atoms with Crippen LogP contribution in [-0.2, 0) is 4.79 Å². The van der Waals surface area contributed by atoms with Crippen molar-refractivity contribution in [1.82, 2.24) is 15.5 Å². The molecule has 1 aliphatic rings. The molecule has 0 aliphatic carbocycles. The second-order valence-corrected chi connectivity index (χ2v) is 8.10. The molecule has 0 spiro atoms. The van der Waals surface area contributed by atoms with E-state index in [0.717, 1.165) is 31.5 Å². The van der Waals surface area contributed by atoms with E-state index in [9.17, 15) is 9.59 Å². The second kappa shape index (κ2) is 12.7. The third-order valence-electron chi connectivity index (χ3n) is 5.29. The Bertz CT molecular complexity index is 928. The molecule has 1 aliphatic heterocycles. The highest BCUT2D eigenvalue weighted by atomic mass is 35.5. The molecule has 6 nitrogen and oxygen atoms in total. The molecule has 0 radical (unpaired) electrons. The standard InChI is InChI=1S/C25H31ClN4O2/c1-5-7-21(16-27-4)17-28-24(31)14-20-10-12-30(13-11-20)19(3)18(2)29-25(32)22-8-6-9-23(26)15-22/h5-9,15-16,20H,1-3,10-14,17H2,4H3,(H,28,31)(H,29,32)/b21-7+,27-16?. The van der Waals surface area contributed by atoms with Crippen LogP contribution in [0.25, 0.3) is 0 Å². The number of aliphatic imine (C=N–C) groups is 1. The number of likely N-dealkylation sites (tertiary alicyclic amines) is 1. The van der Waals surface area contributed by atoms with Gasteiger partial charge in [-0.3, -0.25) is 14.6 Å². The van der Waals surface area contributed by atoms with E-state index in [2.05, 4.69) is 40.3 Å². The van der Waals surface area contributed by atoms with E-state index in [-0.39, 0.29) is 11.8 Å². The van der Waals surface area contributed by atoms with Gasteiger partial charge in [-0.2, -0.15) is 0 Å². The highest BCUT2D eigenvalue weighted by Gasteiger charge is 2.23. The van der Waals surface area contributed by atoms with Gasteiger partial charge in [-0.15, -0.1) is 0 Å². The van der Waals surface area contributed by atoms with E-state index in [4.69, 9.17) is 11.6 Å². The Morgan fingerprint density at radius 2 is 2.00 bits per heavy atom. The smallest absolute Gasteiger partial charge is 0.255 e. The minimum absolute atomic E-state index is 0.0277. The number of nitrogens with one attached hydrogen (secondary N) is 2. The first-order chi connectivity index (χ1) is 15.3. The molecule has 0 unspecified atom stereocenters. The summed E-state index contributed by atoms with van der Waals surface area (Å²) in [4.78, 5) is 30.8. The summed E-state index contributed by atoms with van der Waals surface area (Å²) < 4.78 is 0. The molecule has 1 fully saturated rings. The number of rotatable bonds is 10. The Labute approximate surface area is 195 Å². The van der Waals surface area contributed by atoms with Gasteiger partial charge >= 0.3 is 0 Å². The zero-order chi connectivity index (χ0) is 23.5. The van der Waals surface area contributed by atoms with E-state index in [0.29, 0.717) is 40.9 Å². The maximum absolute atomic E-state index is 12.4. The molecule has 1 saturated heterocycles. The Balaban J connectivity index is 1.77. The van der Waals surface area contributed by atoms with Crippen molar-refractivity contribution in [3.63, 3.8) is 0 Å². The minimum atomic E-state index is -0.275. The summed E-state index contributed by atoms with van der Waals surface area (Å²) in [7, 11) is 1.69. The molecule has 1 heterocycles. The number of allylic oxidation sites excluding steroid dienone is 2. The van der Waals surface area contributed by atoms with Gasteiger partial charge in [0.25, 0.3) is 5.91 Å². The van der Waals surface area contributed by atoms with Gasteiger partial charge in [-0.25, -0.2) is 0 Å². The average Bonchev–Trinajstić information content (AvgIpc) is 2.77. The molecule has 0 saturated carbocycles. The summed E-state index contributed by atoms with van der Waals surface area (Å²) in [5.74, 6) is 0.0585. The highest BCUT2D eigenvalue weighted by molar-refractivity contribution is 6.31. The number of nitrogens with zero attached hydrogens (tertiary/aromatic N) is 2. The minimum Gasteiger partial charge on any atom is -0.370 e. The van der Waals surface area contributed by atoms with Crippen molar-refractivity contribution in [3.05, 3.63) is 83.7 Å². The maximum Gasteiger partial charge on any atom is 0.255 e. The van der Waals surface area contributed by atoms with Crippen molar-refractivity contribution in [2.45, 2.75) is 19.3 Å². The van der Waals surface area contributed by atoms with Gasteiger partial charge in [0.05, 0.1) is 11.4 Å². The molecule has 0 aromatic heterocycles. The molecule has 0 bridgehead atoms. The number of hydrogen-bond donors (Lipinski definition) is 2. The van der Waals surface area contributed by atoms with E-state index in [1.165, 1.54) is 0 Å². The lowest BCUT2D eigenvalue weighted by molar-refractivity contribution is -0.122. The van der Waals surface area contributed by atoms with Crippen LogP contribution in [0.3, 0.4) is 0 Å². The molecule has 1 aromatic carbocycles. The van der Waals surface area contributed by atoms with Crippen molar-refractivity contribution in [2.24, 2.45) is 10.9 Å². The monoisotopic (exact) mass is 454 g/mol. The molecule has 32 heavy (non-hydrogen) atoms. The molecule has 1 aromatic rings. The number of carbonyl (C=O) groups excluding carboxylic acids is 2.